The Morgan fingerprint density at radius 2 is 1.45 bits per heavy atom. The SMILES string of the molecule is Cc1nn(-c2ccc(S(=O)(=O)NC3CCCCC3)cc2)c(C)c1CN1CCC(NC(=O)CC2CCCCC2)CC1.Cl.Cl. The van der Waals surface area contributed by atoms with E-state index in [1.165, 1.54) is 44.1 Å². The summed E-state index contributed by atoms with van der Waals surface area (Å²) in [5.41, 5.74) is 4.16. The molecule has 0 unspecified atom stereocenters. The number of amides is 1. The van der Waals surface area contributed by atoms with Crippen LogP contribution in [0.1, 0.15) is 100 Å². The monoisotopic (exact) mass is 641 g/mol. The predicted molar refractivity (Wildman–Crippen MR) is 172 cm³/mol. The molecule has 236 valence electrons. The number of benzene rings is 1. The first-order valence-electron chi connectivity index (χ1n) is 15.5. The number of nitrogens with zero attached hydrogens (tertiary/aromatic N) is 3. The molecule has 1 amide bonds. The zero-order valence-corrected chi connectivity index (χ0v) is 27.6. The molecule has 5 rings (SSSR count). The number of sulfonamides is 1. The maximum atomic E-state index is 12.9. The van der Waals surface area contributed by atoms with E-state index in [-0.39, 0.29) is 42.8 Å². The Bertz CT molecular complexity index is 1250. The van der Waals surface area contributed by atoms with Crippen LogP contribution in [0.4, 0.5) is 0 Å². The van der Waals surface area contributed by atoms with Crippen LogP contribution in [0.2, 0.25) is 0 Å². The lowest BCUT2D eigenvalue weighted by molar-refractivity contribution is -0.123. The number of aryl methyl sites for hydroxylation is 1. The smallest absolute Gasteiger partial charge is 0.240 e. The van der Waals surface area contributed by atoms with Gasteiger partial charge in [0.2, 0.25) is 15.9 Å². The molecule has 3 fully saturated rings. The number of nitrogens with one attached hydrogen (secondary N) is 2. The van der Waals surface area contributed by atoms with E-state index in [4.69, 9.17) is 5.10 Å². The number of aromatic nitrogens is 2. The minimum atomic E-state index is -3.52. The van der Waals surface area contributed by atoms with Crippen LogP contribution in [0.25, 0.3) is 5.69 Å². The summed E-state index contributed by atoms with van der Waals surface area (Å²) < 4.78 is 30.6. The number of halogens is 2. The minimum absolute atomic E-state index is 0. The van der Waals surface area contributed by atoms with Crippen molar-refractivity contribution in [3.63, 3.8) is 0 Å². The number of hydrogen-bond acceptors (Lipinski definition) is 5. The van der Waals surface area contributed by atoms with Gasteiger partial charge >= 0.3 is 0 Å². The fourth-order valence-electron chi connectivity index (χ4n) is 6.83. The lowest BCUT2D eigenvalue weighted by atomic mass is 9.86. The Morgan fingerprint density at radius 1 is 0.857 bits per heavy atom. The van der Waals surface area contributed by atoms with E-state index < -0.39 is 10.0 Å². The molecule has 0 atom stereocenters. The van der Waals surface area contributed by atoms with Crippen LogP contribution in [-0.4, -0.2) is 54.2 Å². The average Bonchev–Trinajstić information content (AvgIpc) is 3.23. The van der Waals surface area contributed by atoms with E-state index in [2.05, 4.69) is 21.9 Å². The third kappa shape index (κ3) is 8.94. The Balaban J connectivity index is 0.00000242. The molecule has 42 heavy (non-hydrogen) atoms. The lowest BCUT2D eigenvalue weighted by Crippen LogP contribution is -2.44. The Kier molecular flexibility index (Phi) is 13.2. The highest BCUT2D eigenvalue weighted by atomic mass is 35.5. The molecular formula is C31H49Cl2N5O3S. The molecule has 2 saturated carbocycles. The van der Waals surface area contributed by atoms with Crippen molar-refractivity contribution in [2.45, 2.75) is 121 Å². The van der Waals surface area contributed by atoms with Gasteiger partial charge in [-0.2, -0.15) is 5.10 Å². The molecule has 2 aromatic rings. The molecule has 1 saturated heterocycles. The normalized spacial score (nSPS) is 19.6. The van der Waals surface area contributed by atoms with Crippen molar-refractivity contribution in [2.75, 3.05) is 13.1 Å². The Labute approximate surface area is 264 Å². The summed E-state index contributed by atoms with van der Waals surface area (Å²) in [5.74, 6) is 0.817. The third-order valence-electron chi connectivity index (χ3n) is 9.29. The van der Waals surface area contributed by atoms with Crippen LogP contribution >= 0.6 is 24.8 Å². The fraction of sp³-hybridized carbons (Fsp3) is 0.677. The van der Waals surface area contributed by atoms with E-state index in [0.717, 1.165) is 75.2 Å². The quantitative estimate of drug-likeness (QED) is 0.350. The van der Waals surface area contributed by atoms with Gasteiger partial charge in [-0.05, 0) is 82.6 Å². The molecule has 8 nitrogen and oxygen atoms in total. The summed E-state index contributed by atoms with van der Waals surface area (Å²) in [6.07, 6.45) is 14.1. The Hall–Kier alpha value is -1.65. The van der Waals surface area contributed by atoms with Crippen molar-refractivity contribution in [3.05, 3.63) is 41.2 Å². The van der Waals surface area contributed by atoms with Crippen molar-refractivity contribution in [3.8, 4) is 5.69 Å². The zero-order valence-electron chi connectivity index (χ0n) is 25.1. The first-order valence-corrected chi connectivity index (χ1v) is 17.0. The summed E-state index contributed by atoms with van der Waals surface area (Å²) in [5, 5.41) is 8.12. The van der Waals surface area contributed by atoms with Gasteiger partial charge in [0.15, 0.2) is 0 Å². The molecule has 11 heteroatoms. The molecule has 2 N–H and O–H groups in total. The van der Waals surface area contributed by atoms with E-state index in [1.807, 2.05) is 23.7 Å². The van der Waals surface area contributed by atoms with Gasteiger partial charge in [0.25, 0.3) is 0 Å². The summed E-state index contributed by atoms with van der Waals surface area (Å²) in [6.45, 7) is 6.88. The molecule has 1 aliphatic heterocycles. The molecule has 0 spiro atoms. The largest absolute Gasteiger partial charge is 0.353 e. The van der Waals surface area contributed by atoms with Gasteiger partial charge in [0.1, 0.15) is 0 Å². The number of carbonyl (C=O) groups is 1. The van der Waals surface area contributed by atoms with Crippen LogP contribution in [0.5, 0.6) is 0 Å². The number of carbonyl (C=O) groups excluding carboxylic acids is 1. The summed E-state index contributed by atoms with van der Waals surface area (Å²) in [6, 6.07) is 7.38. The van der Waals surface area contributed by atoms with Crippen molar-refractivity contribution in [1.82, 2.24) is 24.7 Å². The minimum Gasteiger partial charge on any atom is -0.353 e. The molecular weight excluding hydrogens is 593 g/mol. The van der Waals surface area contributed by atoms with Gasteiger partial charge in [0, 0.05) is 49.4 Å². The topological polar surface area (TPSA) is 96.3 Å². The number of hydrogen-bond donors (Lipinski definition) is 2. The van der Waals surface area contributed by atoms with E-state index in [9.17, 15) is 13.2 Å². The Morgan fingerprint density at radius 3 is 2.07 bits per heavy atom. The highest BCUT2D eigenvalue weighted by Gasteiger charge is 2.25. The maximum Gasteiger partial charge on any atom is 0.240 e. The third-order valence-corrected chi connectivity index (χ3v) is 10.8. The second kappa shape index (κ2) is 15.9. The zero-order chi connectivity index (χ0) is 28.1. The maximum absolute atomic E-state index is 12.9. The summed E-state index contributed by atoms with van der Waals surface area (Å²) in [7, 11) is -3.52. The molecule has 0 bridgehead atoms. The average molecular weight is 643 g/mol. The molecule has 2 aliphatic carbocycles. The predicted octanol–water partition coefficient (Wildman–Crippen LogP) is 5.99. The van der Waals surface area contributed by atoms with Gasteiger partial charge in [-0.3, -0.25) is 9.69 Å². The second-order valence-electron chi connectivity index (χ2n) is 12.3. The molecule has 3 aliphatic rings. The summed E-state index contributed by atoms with van der Waals surface area (Å²) >= 11 is 0. The standard InChI is InChI=1S/C31H47N5O3S.2ClH/c1-23-30(22-35-19-17-26(18-20-35)32-31(37)21-25-9-5-3-6-10-25)24(2)36(33-23)28-13-15-29(16-14-28)40(38,39)34-27-11-7-4-8-12-27;;/h13-16,25-27,34H,3-12,17-22H2,1-2H3,(H,32,37);2*1H. The van der Waals surface area contributed by atoms with E-state index in [0.29, 0.717) is 17.2 Å². The highest BCUT2D eigenvalue weighted by molar-refractivity contribution is 7.89. The summed E-state index contributed by atoms with van der Waals surface area (Å²) in [4.78, 5) is 15.3. The van der Waals surface area contributed by atoms with Crippen molar-refractivity contribution >= 4 is 40.7 Å². The van der Waals surface area contributed by atoms with Gasteiger partial charge in [-0.15, -0.1) is 24.8 Å². The van der Waals surface area contributed by atoms with Crippen LogP contribution in [0.15, 0.2) is 29.2 Å². The van der Waals surface area contributed by atoms with Crippen LogP contribution in [0, 0.1) is 19.8 Å². The lowest BCUT2D eigenvalue weighted by Gasteiger charge is -2.33. The van der Waals surface area contributed by atoms with Crippen molar-refractivity contribution in [1.29, 1.82) is 0 Å². The number of likely N-dealkylation sites (tertiary alicyclic amines) is 1. The van der Waals surface area contributed by atoms with E-state index in [1.54, 1.807) is 12.1 Å². The van der Waals surface area contributed by atoms with Crippen LogP contribution in [-0.2, 0) is 21.4 Å². The van der Waals surface area contributed by atoms with Crippen molar-refractivity contribution in [2.24, 2.45) is 5.92 Å². The molecule has 2 heterocycles. The van der Waals surface area contributed by atoms with Crippen LogP contribution in [0.3, 0.4) is 0 Å². The number of piperidine rings is 1. The molecule has 0 radical (unpaired) electrons. The van der Waals surface area contributed by atoms with Crippen LogP contribution < -0.4 is 10.0 Å². The van der Waals surface area contributed by atoms with Gasteiger partial charge in [-0.1, -0.05) is 38.5 Å². The fourth-order valence-corrected chi connectivity index (χ4v) is 8.13. The highest BCUT2D eigenvalue weighted by Crippen LogP contribution is 2.27. The number of rotatable bonds is 9. The molecule has 1 aromatic heterocycles. The van der Waals surface area contributed by atoms with Gasteiger partial charge in [-0.25, -0.2) is 17.8 Å². The first kappa shape index (κ1) is 34.8. The van der Waals surface area contributed by atoms with E-state index >= 15 is 0 Å². The first-order chi connectivity index (χ1) is 19.3. The van der Waals surface area contributed by atoms with Crippen molar-refractivity contribution < 1.29 is 13.2 Å². The van der Waals surface area contributed by atoms with Gasteiger partial charge < -0.3 is 5.32 Å². The second-order valence-corrected chi connectivity index (χ2v) is 14.1. The van der Waals surface area contributed by atoms with Gasteiger partial charge in [0.05, 0.1) is 16.3 Å². The molecule has 1 aromatic carbocycles.